The first-order chi connectivity index (χ1) is 9.53. The molecule has 1 aromatic carbocycles. The van der Waals surface area contributed by atoms with Crippen LogP contribution < -0.4 is 4.74 Å². The van der Waals surface area contributed by atoms with Crippen LogP contribution in [0.25, 0.3) is 0 Å². The van der Waals surface area contributed by atoms with E-state index in [1.807, 2.05) is 19.9 Å². The van der Waals surface area contributed by atoms with E-state index in [0.29, 0.717) is 24.3 Å². The van der Waals surface area contributed by atoms with Gasteiger partial charge < -0.3 is 15.1 Å². The summed E-state index contributed by atoms with van der Waals surface area (Å²) in [5.74, 6) is -0.434. The van der Waals surface area contributed by atoms with Gasteiger partial charge in [-0.3, -0.25) is 0 Å². The second-order valence-corrected chi connectivity index (χ2v) is 4.63. The van der Waals surface area contributed by atoms with E-state index in [4.69, 9.17) is 15.1 Å². The van der Waals surface area contributed by atoms with Crippen molar-refractivity contribution < 1.29 is 19.8 Å². The van der Waals surface area contributed by atoms with Crippen LogP contribution in [0.3, 0.4) is 0 Å². The maximum atomic E-state index is 11.0. The first-order valence-corrected chi connectivity index (χ1v) is 6.74. The highest BCUT2D eigenvalue weighted by molar-refractivity contribution is 6.00. The molecule has 5 heteroatoms. The summed E-state index contributed by atoms with van der Waals surface area (Å²) in [6.45, 7) is 5.61. The summed E-state index contributed by atoms with van der Waals surface area (Å²) in [5, 5.41) is 21.3. The van der Waals surface area contributed by atoms with E-state index in [0.717, 1.165) is 17.5 Å². The number of nitrogens with zero attached hydrogens (tertiary/aromatic N) is 1. The summed E-state index contributed by atoms with van der Waals surface area (Å²) in [4.78, 5) is 11.0. The van der Waals surface area contributed by atoms with Crippen LogP contribution in [0.1, 0.15) is 44.2 Å². The van der Waals surface area contributed by atoms with E-state index in [9.17, 15) is 4.79 Å². The molecule has 5 nitrogen and oxygen atoms in total. The van der Waals surface area contributed by atoms with Gasteiger partial charge in [0.05, 0.1) is 5.71 Å². The van der Waals surface area contributed by atoms with Crippen molar-refractivity contribution >= 4 is 11.7 Å². The van der Waals surface area contributed by atoms with Crippen LogP contribution in [0.5, 0.6) is 5.75 Å². The van der Waals surface area contributed by atoms with Crippen LogP contribution >= 0.6 is 0 Å². The van der Waals surface area contributed by atoms with Crippen LogP contribution in [-0.2, 0) is 4.79 Å². The summed E-state index contributed by atoms with van der Waals surface area (Å²) in [5.41, 5.74) is 2.26. The lowest BCUT2D eigenvalue weighted by Gasteiger charge is -2.16. The van der Waals surface area contributed by atoms with Crippen LogP contribution in [0.2, 0.25) is 0 Å². The second kappa shape index (κ2) is 7.53. The Morgan fingerprint density at radius 3 is 2.55 bits per heavy atom. The Morgan fingerprint density at radius 2 is 2.10 bits per heavy atom. The number of hydrogen-bond acceptors (Lipinski definition) is 4. The van der Waals surface area contributed by atoms with Gasteiger partial charge in [-0.25, -0.2) is 4.79 Å². The average Bonchev–Trinajstić information content (AvgIpc) is 2.43. The molecular formula is C15H21NO4. The molecule has 0 saturated carbocycles. The minimum Gasteiger partial charge on any atom is -0.479 e. The molecule has 1 atom stereocenters. The number of oxime groups is 1. The fourth-order valence-corrected chi connectivity index (χ4v) is 1.91. The number of carbonyl (C=O) groups is 1. The van der Waals surface area contributed by atoms with Crippen LogP contribution in [0.4, 0.5) is 0 Å². The fraction of sp³-hybridized carbons (Fsp3) is 0.467. The Bertz CT molecular complexity index is 497. The first-order valence-electron chi connectivity index (χ1n) is 6.74. The van der Waals surface area contributed by atoms with Gasteiger partial charge in [0, 0.05) is 0 Å². The summed E-state index contributed by atoms with van der Waals surface area (Å²) < 4.78 is 5.48. The molecule has 0 spiro atoms. The third-order valence-corrected chi connectivity index (χ3v) is 3.03. The Labute approximate surface area is 118 Å². The molecule has 0 amide bonds. The maximum Gasteiger partial charge on any atom is 0.344 e. The van der Waals surface area contributed by atoms with Crippen LogP contribution in [0, 0.1) is 6.92 Å². The molecule has 0 aromatic heterocycles. The monoisotopic (exact) mass is 279 g/mol. The third-order valence-electron chi connectivity index (χ3n) is 3.03. The van der Waals surface area contributed by atoms with E-state index >= 15 is 0 Å². The predicted molar refractivity (Wildman–Crippen MR) is 76.8 cm³/mol. The summed E-state index contributed by atoms with van der Waals surface area (Å²) in [6, 6.07) is 5.34. The molecule has 0 heterocycles. The van der Waals surface area contributed by atoms with E-state index in [-0.39, 0.29) is 0 Å². The molecule has 0 aliphatic carbocycles. The zero-order valence-electron chi connectivity index (χ0n) is 12.1. The Hall–Kier alpha value is -2.04. The maximum absolute atomic E-state index is 11.0. The van der Waals surface area contributed by atoms with Crippen molar-refractivity contribution in [1.29, 1.82) is 0 Å². The highest BCUT2D eigenvalue weighted by Crippen LogP contribution is 2.22. The molecule has 0 bridgehead atoms. The van der Waals surface area contributed by atoms with Crippen molar-refractivity contribution in [1.82, 2.24) is 0 Å². The van der Waals surface area contributed by atoms with E-state index in [1.165, 1.54) is 0 Å². The molecule has 0 radical (unpaired) electrons. The lowest BCUT2D eigenvalue weighted by Crippen LogP contribution is -2.26. The largest absolute Gasteiger partial charge is 0.479 e. The number of aliphatic carboxylic acids is 1. The molecule has 0 aliphatic rings. The highest BCUT2D eigenvalue weighted by atomic mass is 16.5. The second-order valence-electron chi connectivity index (χ2n) is 4.63. The molecule has 2 N–H and O–H groups in total. The zero-order chi connectivity index (χ0) is 15.1. The standard InChI is InChI=1S/C15H21NO4/c1-4-6-12(16-19)11-7-8-14(10(3)9-11)20-13(5-2)15(17)18/h7-9,13,19H,4-6H2,1-3H3,(H,17,18)/b16-12-. The fourth-order valence-electron chi connectivity index (χ4n) is 1.91. The smallest absolute Gasteiger partial charge is 0.344 e. The van der Waals surface area contributed by atoms with Crippen molar-refractivity contribution in [3.8, 4) is 5.75 Å². The minimum absolute atomic E-state index is 0.399. The van der Waals surface area contributed by atoms with E-state index in [1.54, 1.807) is 19.1 Å². The molecule has 1 rings (SSSR count). The highest BCUT2D eigenvalue weighted by Gasteiger charge is 2.18. The number of rotatable bonds is 7. The first kappa shape index (κ1) is 16.0. The number of aryl methyl sites for hydroxylation is 1. The summed E-state index contributed by atoms with van der Waals surface area (Å²) in [7, 11) is 0. The van der Waals surface area contributed by atoms with Gasteiger partial charge in [-0.15, -0.1) is 0 Å². The van der Waals surface area contributed by atoms with Crippen LogP contribution in [-0.4, -0.2) is 28.1 Å². The van der Waals surface area contributed by atoms with Gasteiger partial charge in [-0.1, -0.05) is 25.4 Å². The zero-order valence-corrected chi connectivity index (χ0v) is 12.1. The van der Waals surface area contributed by atoms with Crippen molar-refractivity contribution in [3.63, 3.8) is 0 Å². The molecule has 0 saturated heterocycles. The molecule has 0 aliphatic heterocycles. The van der Waals surface area contributed by atoms with Gasteiger partial charge >= 0.3 is 5.97 Å². The van der Waals surface area contributed by atoms with Crippen molar-refractivity contribution in [2.45, 2.75) is 46.1 Å². The number of ether oxygens (including phenoxy) is 1. The van der Waals surface area contributed by atoms with Gasteiger partial charge in [0.25, 0.3) is 0 Å². The van der Waals surface area contributed by atoms with E-state index < -0.39 is 12.1 Å². The van der Waals surface area contributed by atoms with Gasteiger partial charge in [-0.05, 0) is 49.1 Å². The molecule has 0 fully saturated rings. The Kier molecular flexibility index (Phi) is 6.03. The summed E-state index contributed by atoms with van der Waals surface area (Å²) in [6.07, 6.45) is 1.12. The molecular weight excluding hydrogens is 258 g/mol. The lowest BCUT2D eigenvalue weighted by atomic mass is 10.0. The van der Waals surface area contributed by atoms with Gasteiger partial charge in [0.1, 0.15) is 5.75 Å². The van der Waals surface area contributed by atoms with Crippen molar-refractivity contribution in [2.75, 3.05) is 0 Å². The topological polar surface area (TPSA) is 79.1 Å². The molecule has 1 aromatic rings. The van der Waals surface area contributed by atoms with E-state index in [2.05, 4.69) is 5.16 Å². The quantitative estimate of drug-likeness (QED) is 0.456. The van der Waals surface area contributed by atoms with Crippen molar-refractivity contribution in [3.05, 3.63) is 29.3 Å². The van der Waals surface area contributed by atoms with Crippen LogP contribution in [0.15, 0.2) is 23.4 Å². The predicted octanol–water partition coefficient (Wildman–Crippen LogP) is 3.22. The molecule has 20 heavy (non-hydrogen) atoms. The third kappa shape index (κ3) is 3.98. The minimum atomic E-state index is -0.973. The van der Waals surface area contributed by atoms with Gasteiger partial charge in [-0.2, -0.15) is 0 Å². The number of carboxylic acids is 1. The average molecular weight is 279 g/mol. The number of benzene rings is 1. The Morgan fingerprint density at radius 1 is 1.40 bits per heavy atom. The van der Waals surface area contributed by atoms with Gasteiger partial charge in [0.2, 0.25) is 0 Å². The summed E-state index contributed by atoms with van der Waals surface area (Å²) >= 11 is 0. The molecule has 110 valence electrons. The SMILES string of the molecule is CCC/C(=N/O)c1ccc(OC(CC)C(=O)O)c(C)c1. The van der Waals surface area contributed by atoms with Crippen molar-refractivity contribution in [2.24, 2.45) is 5.16 Å². The Balaban J connectivity index is 2.96. The lowest BCUT2D eigenvalue weighted by molar-refractivity contribution is -0.145. The normalized spacial score (nSPS) is 13.1. The number of hydrogen-bond donors (Lipinski definition) is 2. The molecule has 1 unspecified atom stereocenters. The number of carboxylic acid groups (broad SMARTS) is 1. The van der Waals surface area contributed by atoms with Gasteiger partial charge in [0.15, 0.2) is 6.10 Å².